The predicted molar refractivity (Wildman–Crippen MR) is 161 cm³/mol. The van der Waals surface area contributed by atoms with Gasteiger partial charge in [-0.05, 0) is 39.0 Å². The molecule has 260 valence electrons. The number of allylic oxidation sites excluding steroid dienone is 5. The Balaban J connectivity index is 2.03. The predicted octanol–water partition coefficient (Wildman–Crippen LogP) is -1.09. The molecule has 14 nitrogen and oxygen atoms in total. The van der Waals surface area contributed by atoms with Gasteiger partial charge in [0.25, 0.3) is 0 Å². The van der Waals surface area contributed by atoms with Gasteiger partial charge in [0.05, 0.1) is 32.0 Å². The van der Waals surface area contributed by atoms with Gasteiger partial charge >= 0.3 is 0 Å². The standard InChI is InChI=1S/C31H53NO13/c1-3-5-7-8-9-10-11-12-13-14-20(35)19(32-23(36)15-6-4-2)18-42-30-28(41)26(39)29(22(17-34)44-30)45-31-27(40)25(38)24(37)21(16-33)43-31/h3,5,9-10,13-14,19-22,24-31,33-35,37-41H,4,6-8,11-12,15-18H2,1-2H3,(H,32,36)/b5-3+,10-9+,14-13+. The van der Waals surface area contributed by atoms with Crippen LogP contribution in [-0.4, -0.2) is 140 Å². The minimum atomic E-state index is -1.79. The highest BCUT2D eigenvalue weighted by molar-refractivity contribution is 5.76. The Morgan fingerprint density at radius 1 is 0.822 bits per heavy atom. The molecule has 1 amide bonds. The topological polar surface area (TPSA) is 228 Å². The lowest BCUT2D eigenvalue weighted by molar-refractivity contribution is -0.359. The monoisotopic (exact) mass is 647 g/mol. The molecule has 12 atom stereocenters. The molecule has 9 N–H and O–H groups in total. The minimum Gasteiger partial charge on any atom is -0.394 e. The highest BCUT2D eigenvalue weighted by atomic mass is 16.7. The average Bonchev–Trinajstić information content (AvgIpc) is 3.03. The van der Waals surface area contributed by atoms with Gasteiger partial charge in [0, 0.05) is 6.42 Å². The van der Waals surface area contributed by atoms with Crippen molar-refractivity contribution in [3.63, 3.8) is 0 Å². The van der Waals surface area contributed by atoms with Crippen LogP contribution in [-0.2, 0) is 23.7 Å². The number of ether oxygens (including phenoxy) is 4. The van der Waals surface area contributed by atoms with Crippen LogP contribution in [0.15, 0.2) is 36.5 Å². The number of carbonyl (C=O) groups is 1. The lowest BCUT2D eigenvalue weighted by Gasteiger charge is -2.46. The van der Waals surface area contributed by atoms with Crippen LogP contribution in [0.2, 0.25) is 0 Å². The molecule has 2 fully saturated rings. The van der Waals surface area contributed by atoms with Crippen LogP contribution in [0.1, 0.15) is 58.8 Å². The molecule has 2 heterocycles. The van der Waals surface area contributed by atoms with Crippen LogP contribution >= 0.6 is 0 Å². The number of aliphatic hydroxyl groups is 8. The number of unbranched alkanes of at least 4 members (excludes halogenated alkanes) is 3. The van der Waals surface area contributed by atoms with E-state index >= 15 is 0 Å². The van der Waals surface area contributed by atoms with Crippen molar-refractivity contribution in [2.75, 3.05) is 19.8 Å². The summed E-state index contributed by atoms with van der Waals surface area (Å²) in [5.74, 6) is -0.298. The molecule has 45 heavy (non-hydrogen) atoms. The van der Waals surface area contributed by atoms with Gasteiger partial charge in [-0.15, -0.1) is 0 Å². The first-order valence-electron chi connectivity index (χ1n) is 15.7. The van der Waals surface area contributed by atoms with E-state index in [2.05, 4.69) is 23.5 Å². The maximum absolute atomic E-state index is 12.5. The van der Waals surface area contributed by atoms with Crippen molar-refractivity contribution in [2.24, 2.45) is 0 Å². The SMILES string of the molecule is C/C=C/CC/C=C/CC/C=C/C(O)C(COC1OC(CO)C(OC2OC(CO)C(O)C(O)C2O)C(O)C1O)NC(=O)CCCC. The van der Waals surface area contributed by atoms with Crippen LogP contribution in [0.3, 0.4) is 0 Å². The Morgan fingerprint density at radius 2 is 1.42 bits per heavy atom. The van der Waals surface area contributed by atoms with Crippen molar-refractivity contribution in [1.29, 1.82) is 0 Å². The molecular weight excluding hydrogens is 594 g/mol. The summed E-state index contributed by atoms with van der Waals surface area (Å²) in [4.78, 5) is 12.5. The summed E-state index contributed by atoms with van der Waals surface area (Å²) in [6.07, 6.45) is -0.378. The van der Waals surface area contributed by atoms with E-state index in [1.54, 1.807) is 12.2 Å². The summed E-state index contributed by atoms with van der Waals surface area (Å²) in [6, 6.07) is -0.925. The third-order valence-electron chi connectivity index (χ3n) is 7.65. The molecule has 14 heteroatoms. The first kappa shape index (κ1) is 39.4. The molecular formula is C31H53NO13. The molecule has 2 rings (SSSR count). The molecule has 0 saturated carbocycles. The van der Waals surface area contributed by atoms with Crippen LogP contribution in [0.4, 0.5) is 0 Å². The summed E-state index contributed by atoms with van der Waals surface area (Å²) in [5, 5.41) is 84.9. The first-order chi connectivity index (χ1) is 21.6. The van der Waals surface area contributed by atoms with Gasteiger partial charge in [0.2, 0.25) is 5.91 Å². The van der Waals surface area contributed by atoms with Crippen LogP contribution in [0.5, 0.6) is 0 Å². The minimum absolute atomic E-state index is 0.242. The summed E-state index contributed by atoms with van der Waals surface area (Å²) in [7, 11) is 0. The number of carbonyl (C=O) groups excluding carboxylic acids is 1. The molecule has 0 bridgehead atoms. The molecule has 0 aliphatic carbocycles. The van der Waals surface area contributed by atoms with E-state index in [-0.39, 0.29) is 18.9 Å². The van der Waals surface area contributed by atoms with E-state index in [1.165, 1.54) is 0 Å². The lowest BCUT2D eigenvalue weighted by atomic mass is 9.97. The van der Waals surface area contributed by atoms with E-state index in [4.69, 9.17) is 18.9 Å². The van der Waals surface area contributed by atoms with Gasteiger partial charge in [-0.2, -0.15) is 0 Å². The van der Waals surface area contributed by atoms with Crippen molar-refractivity contribution in [3.05, 3.63) is 36.5 Å². The van der Waals surface area contributed by atoms with E-state index in [0.29, 0.717) is 12.8 Å². The number of rotatable bonds is 19. The summed E-state index contributed by atoms with van der Waals surface area (Å²) in [5.41, 5.74) is 0. The second kappa shape index (κ2) is 21.2. The molecule has 0 spiro atoms. The van der Waals surface area contributed by atoms with E-state index in [0.717, 1.165) is 25.7 Å². The van der Waals surface area contributed by atoms with Crippen LogP contribution < -0.4 is 5.32 Å². The molecule has 0 aromatic rings. The van der Waals surface area contributed by atoms with Gasteiger partial charge < -0.3 is 65.1 Å². The number of amides is 1. The van der Waals surface area contributed by atoms with Gasteiger partial charge in [-0.3, -0.25) is 4.79 Å². The van der Waals surface area contributed by atoms with Crippen molar-refractivity contribution >= 4 is 5.91 Å². The Labute approximate surface area is 264 Å². The quantitative estimate of drug-likeness (QED) is 0.0601. The fourth-order valence-electron chi connectivity index (χ4n) is 4.89. The van der Waals surface area contributed by atoms with Crippen LogP contribution in [0.25, 0.3) is 0 Å². The summed E-state index contributed by atoms with van der Waals surface area (Å²) in [6.45, 7) is 2.17. The summed E-state index contributed by atoms with van der Waals surface area (Å²) < 4.78 is 22.2. The molecule has 0 aromatic heterocycles. The zero-order valence-corrected chi connectivity index (χ0v) is 26.1. The number of aliphatic hydroxyl groups excluding tert-OH is 8. The van der Waals surface area contributed by atoms with Crippen molar-refractivity contribution in [3.8, 4) is 0 Å². The normalized spacial score (nSPS) is 34.1. The van der Waals surface area contributed by atoms with E-state index in [1.807, 2.05) is 19.9 Å². The highest BCUT2D eigenvalue weighted by Gasteiger charge is 2.50. The smallest absolute Gasteiger partial charge is 0.220 e. The fraction of sp³-hybridized carbons (Fsp3) is 0.774. The number of nitrogens with one attached hydrogen (secondary N) is 1. The van der Waals surface area contributed by atoms with Crippen molar-refractivity contribution < 1.29 is 64.6 Å². The zero-order chi connectivity index (χ0) is 33.4. The average molecular weight is 648 g/mol. The van der Waals surface area contributed by atoms with E-state index in [9.17, 15) is 45.6 Å². The Hall–Kier alpha value is -1.79. The molecule has 0 radical (unpaired) electrons. The molecule has 0 aromatic carbocycles. The molecule has 12 unspecified atom stereocenters. The second-order valence-electron chi connectivity index (χ2n) is 11.2. The largest absolute Gasteiger partial charge is 0.394 e. The molecule has 2 aliphatic heterocycles. The Kier molecular flexibility index (Phi) is 18.5. The first-order valence-corrected chi connectivity index (χ1v) is 15.7. The summed E-state index contributed by atoms with van der Waals surface area (Å²) >= 11 is 0. The number of hydrogen-bond donors (Lipinski definition) is 9. The van der Waals surface area contributed by atoms with Crippen molar-refractivity contribution in [1.82, 2.24) is 5.32 Å². The lowest BCUT2D eigenvalue weighted by Crippen LogP contribution is -2.65. The van der Waals surface area contributed by atoms with E-state index < -0.39 is 86.8 Å². The molecule has 2 aliphatic rings. The maximum atomic E-state index is 12.5. The fourth-order valence-corrected chi connectivity index (χ4v) is 4.89. The third kappa shape index (κ3) is 12.4. The Bertz CT molecular complexity index is 914. The van der Waals surface area contributed by atoms with Gasteiger partial charge in [0.1, 0.15) is 48.8 Å². The zero-order valence-electron chi connectivity index (χ0n) is 26.1. The second-order valence-corrected chi connectivity index (χ2v) is 11.2. The Morgan fingerprint density at radius 3 is 2.04 bits per heavy atom. The maximum Gasteiger partial charge on any atom is 0.220 e. The van der Waals surface area contributed by atoms with Gasteiger partial charge in [-0.25, -0.2) is 0 Å². The number of hydrogen-bond acceptors (Lipinski definition) is 13. The van der Waals surface area contributed by atoms with Gasteiger partial charge in [0.15, 0.2) is 12.6 Å². The van der Waals surface area contributed by atoms with Gasteiger partial charge in [-0.1, -0.05) is 49.8 Å². The highest BCUT2D eigenvalue weighted by Crippen LogP contribution is 2.29. The van der Waals surface area contributed by atoms with Crippen LogP contribution in [0, 0.1) is 0 Å². The third-order valence-corrected chi connectivity index (χ3v) is 7.65. The molecule has 2 saturated heterocycles. The van der Waals surface area contributed by atoms with Crippen molar-refractivity contribution in [2.45, 2.75) is 132 Å².